The van der Waals surface area contributed by atoms with E-state index in [1.165, 1.54) is 4.57 Å². The lowest BCUT2D eigenvalue weighted by atomic mass is 10.0. The number of pyridine rings is 1. The van der Waals surface area contributed by atoms with E-state index in [0.717, 1.165) is 33.8 Å². The van der Waals surface area contributed by atoms with Gasteiger partial charge in [-0.1, -0.05) is 30.3 Å². The van der Waals surface area contributed by atoms with Crippen LogP contribution in [0, 0.1) is 13.8 Å². The molecule has 34 heavy (non-hydrogen) atoms. The third-order valence-corrected chi connectivity index (χ3v) is 6.08. The summed E-state index contributed by atoms with van der Waals surface area (Å²) in [4.78, 5) is 31.9. The van der Waals surface area contributed by atoms with Gasteiger partial charge in [0.05, 0.1) is 16.9 Å². The molecule has 1 amide bonds. The molecule has 0 aliphatic rings. The number of aromatic nitrogens is 5. The average Bonchev–Trinajstić information content (AvgIpc) is 3.31. The van der Waals surface area contributed by atoms with Crippen LogP contribution in [0.3, 0.4) is 0 Å². The number of fused-ring (bicyclic) bond motifs is 1. The fourth-order valence-corrected chi connectivity index (χ4v) is 4.12. The highest BCUT2D eigenvalue weighted by Gasteiger charge is 2.15. The molecule has 0 bridgehead atoms. The number of nitrogens with one attached hydrogen (secondary N) is 2. The van der Waals surface area contributed by atoms with Gasteiger partial charge in [0.15, 0.2) is 5.65 Å². The Labute approximate surface area is 195 Å². The molecule has 2 N–H and O–H groups in total. The molecule has 5 rings (SSSR count). The molecule has 3 aromatic heterocycles. The van der Waals surface area contributed by atoms with Crippen molar-refractivity contribution < 1.29 is 4.79 Å². The maximum absolute atomic E-state index is 13.0. The molecule has 8 heteroatoms. The summed E-state index contributed by atoms with van der Waals surface area (Å²) in [6.45, 7) is 4.34. The van der Waals surface area contributed by atoms with Crippen LogP contribution >= 0.6 is 0 Å². The predicted octanol–water partition coefficient (Wildman–Crippen LogP) is 3.66. The molecule has 0 unspecified atom stereocenters. The van der Waals surface area contributed by atoms with E-state index in [4.69, 9.17) is 0 Å². The molecule has 0 atom stereocenters. The van der Waals surface area contributed by atoms with E-state index in [2.05, 4.69) is 20.4 Å². The van der Waals surface area contributed by atoms with Gasteiger partial charge >= 0.3 is 5.69 Å². The van der Waals surface area contributed by atoms with Gasteiger partial charge in [0.2, 0.25) is 0 Å². The minimum Gasteiger partial charge on any atom is -0.348 e. The van der Waals surface area contributed by atoms with Gasteiger partial charge in [-0.25, -0.2) is 14.5 Å². The number of carbonyl (C=O) groups is 1. The van der Waals surface area contributed by atoms with Gasteiger partial charge in [0.25, 0.3) is 5.91 Å². The second-order valence-corrected chi connectivity index (χ2v) is 8.24. The molecule has 0 spiro atoms. The van der Waals surface area contributed by atoms with Gasteiger partial charge in [0, 0.05) is 42.2 Å². The van der Waals surface area contributed by atoms with Gasteiger partial charge in [-0.05, 0) is 49.7 Å². The quantitative estimate of drug-likeness (QED) is 0.425. The average molecular weight is 453 g/mol. The van der Waals surface area contributed by atoms with Gasteiger partial charge in [-0.2, -0.15) is 5.10 Å². The number of nitrogens with zero attached hydrogens (tertiary/aromatic N) is 4. The van der Waals surface area contributed by atoms with Crippen molar-refractivity contribution >= 4 is 17.1 Å². The third-order valence-electron chi connectivity index (χ3n) is 6.08. The number of carbonyl (C=O) groups excluding carboxylic acids is 1. The summed E-state index contributed by atoms with van der Waals surface area (Å²) in [5.74, 6) is -0.170. The summed E-state index contributed by atoms with van der Waals surface area (Å²) in [7, 11) is 1.69. The molecular weight excluding hydrogens is 428 g/mol. The highest BCUT2D eigenvalue weighted by molar-refractivity contribution is 5.95. The van der Waals surface area contributed by atoms with E-state index < -0.39 is 0 Å². The van der Waals surface area contributed by atoms with Crippen molar-refractivity contribution in [1.29, 1.82) is 0 Å². The lowest BCUT2D eigenvalue weighted by molar-refractivity contribution is 0.0951. The number of amides is 1. The van der Waals surface area contributed by atoms with Crippen molar-refractivity contribution in [3.63, 3.8) is 0 Å². The Bertz CT molecular complexity index is 1580. The first-order chi connectivity index (χ1) is 16.4. The fraction of sp³-hybridized carbons (Fsp3) is 0.154. The van der Waals surface area contributed by atoms with Crippen LogP contribution in [-0.4, -0.2) is 30.2 Å². The van der Waals surface area contributed by atoms with Crippen molar-refractivity contribution in [2.75, 3.05) is 0 Å². The van der Waals surface area contributed by atoms with Crippen LogP contribution in [0.15, 0.2) is 71.7 Å². The van der Waals surface area contributed by atoms with Crippen LogP contribution in [0.1, 0.15) is 27.3 Å². The smallest absolute Gasteiger partial charge is 0.327 e. The van der Waals surface area contributed by atoms with Crippen LogP contribution in [0.25, 0.3) is 28.0 Å². The topological polar surface area (TPSA) is 97.6 Å². The van der Waals surface area contributed by atoms with E-state index >= 15 is 0 Å². The first-order valence-electron chi connectivity index (χ1n) is 11.0. The first-order valence-corrected chi connectivity index (χ1v) is 11.0. The Morgan fingerprint density at radius 2 is 1.82 bits per heavy atom. The normalized spacial score (nSPS) is 11.1. The Kier molecular flexibility index (Phi) is 5.33. The summed E-state index contributed by atoms with van der Waals surface area (Å²) in [5, 5.41) is 7.67. The van der Waals surface area contributed by atoms with E-state index in [1.54, 1.807) is 19.3 Å². The number of para-hydroxylation sites is 1. The molecule has 2 aromatic carbocycles. The fourth-order valence-electron chi connectivity index (χ4n) is 4.12. The number of hydrogen-bond acceptors (Lipinski definition) is 4. The molecule has 0 saturated carbocycles. The number of rotatable bonds is 5. The Morgan fingerprint density at radius 1 is 1.03 bits per heavy atom. The highest BCUT2D eigenvalue weighted by Crippen LogP contribution is 2.23. The Morgan fingerprint density at radius 3 is 2.62 bits per heavy atom. The van der Waals surface area contributed by atoms with E-state index in [1.807, 2.05) is 73.1 Å². The van der Waals surface area contributed by atoms with Crippen molar-refractivity contribution in [3.05, 3.63) is 99.9 Å². The standard InChI is InChI=1S/C26H24N6O2/c1-16-22(17(2)32(30-16)21-10-5-4-6-11-21)15-28-25(33)19-9-7-8-18(12-19)20-13-23-24(27-14-20)29-26(34)31(23)3/h4-14H,15H2,1-3H3,(H,28,33)(H,27,29,34). The SMILES string of the molecule is Cc1nn(-c2ccccc2)c(C)c1CNC(=O)c1cccc(-c2cnc3[nH]c(=O)n(C)c3c2)c1. The summed E-state index contributed by atoms with van der Waals surface area (Å²) in [6, 6.07) is 19.2. The molecule has 0 aliphatic heterocycles. The molecule has 0 saturated heterocycles. The lowest BCUT2D eigenvalue weighted by Crippen LogP contribution is -2.23. The van der Waals surface area contributed by atoms with Gasteiger partial charge in [-0.15, -0.1) is 0 Å². The van der Waals surface area contributed by atoms with Gasteiger partial charge in [0.1, 0.15) is 0 Å². The molecule has 0 fully saturated rings. The van der Waals surface area contributed by atoms with Crippen LogP contribution < -0.4 is 11.0 Å². The number of aromatic amines is 1. The zero-order valence-corrected chi connectivity index (χ0v) is 19.2. The van der Waals surface area contributed by atoms with Crippen molar-refractivity contribution in [1.82, 2.24) is 29.6 Å². The van der Waals surface area contributed by atoms with Gasteiger partial charge in [-0.3, -0.25) is 14.3 Å². The minimum absolute atomic E-state index is 0.170. The minimum atomic E-state index is -0.214. The molecule has 0 aliphatic carbocycles. The largest absolute Gasteiger partial charge is 0.348 e. The number of hydrogen-bond donors (Lipinski definition) is 2. The monoisotopic (exact) mass is 452 g/mol. The third kappa shape index (κ3) is 3.79. The Balaban J connectivity index is 1.37. The first kappa shape index (κ1) is 21.4. The number of imidazole rings is 1. The maximum Gasteiger partial charge on any atom is 0.327 e. The Hall–Kier alpha value is -4.46. The van der Waals surface area contributed by atoms with Crippen molar-refractivity contribution in [2.24, 2.45) is 7.05 Å². The highest BCUT2D eigenvalue weighted by atomic mass is 16.2. The molecule has 5 aromatic rings. The van der Waals surface area contributed by atoms with Crippen LogP contribution in [0.4, 0.5) is 0 Å². The second-order valence-electron chi connectivity index (χ2n) is 8.24. The molecule has 170 valence electrons. The molecule has 3 heterocycles. The van der Waals surface area contributed by atoms with E-state index in [-0.39, 0.29) is 11.6 Å². The predicted molar refractivity (Wildman–Crippen MR) is 131 cm³/mol. The molecule has 8 nitrogen and oxygen atoms in total. The second kappa shape index (κ2) is 8.47. The van der Waals surface area contributed by atoms with Gasteiger partial charge < -0.3 is 5.32 Å². The summed E-state index contributed by atoms with van der Waals surface area (Å²) >= 11 is 0. The summed E-state index contributed by atoms with van der Waals surface area (Å²) in [5.41, 5.74) is 7.11. The zero-order chi connectivity index (χ0) is 23.8. The van der Waals surface area contributed by atoms with E-state index in [9.17, 15) is 9.59 Å². The zero-order valence-electron chi connectivity index (χ0n) is 19.2. The van der Waals surface area contributed by atoms with Crippen LogP contribution in [-0.2, 0) is 13.6 Å². The maximum atomic E-state index is 13.0. The number of benzene rings is 2. The number of H-pyrrole nitrogens is 1. The molecular formula is C26H24N6O2. The van der Waals surface area contributed by atoms with Crippen LogP contribution in [0.5, 0.6) is 0 Å². The molecule has 0 radical (unpaired) electrons. The van der Waals surface area contributed by atoms with Crippen molar-refractivity contribution in [2.45, 2.75) is 20.4 Å². The van der Waals surface area contributed by atoms with Crippen LogP contribution in [0.2, 0.25) is 0 Å². The summed E-state index contributed by atoms with van der Waals surface area (Å²) in [6.07, 6.45) is 1.69. The van der Waals surface area contributed by atoms with E-state index in [0.29, 0.717) is 23.3 Å². The lowest BCUT2D eigenvalue weighted by Gasteiger charge is -2.09. The number of aryl methyl sites for hydroxylation is 2. The summed E-state index contributed by atoms with van der Waals surface area (Å²) < 4.78 is 3.41. The van der Waals surface area contributed by atoms with Crippen molar-refractivity contribution in [3.8, 4) is 16.8 Å².